The molecular weight excluding hydrogens is 458 g/mol. The number of anilines is 2. The third-order valence-electron chi connectivity index (χ3n) is 3.38. The van der Waals surface area contributed by atoms with Gasteiger partial charge in [-0.2, -0.15) is 18.2 Å². The van der Waals surface area contributed by atoms with Crippen LogP contribution < -0.4 is 10.1 Å². The standard InChI is InChI=1S/C18H13F3IN3O/c19-18(20,21)15-10-23-17(24-14-8-6-13(22)7-9-14)25-16(15)26-11-12-4-2-1-3-5-12/h1-10H,11H2,(H,23,24,25). The Morgan fingerprint density at radius 3 is 2.35 bits per heavy atom. The minimum absolute atomic E-state index is 0.0239. The second-order valence-corrected chi connectivity index (χ2v) is 6.56. The first kappa shape index (κ1) is 18.4. The Morgan fingerprint density at radius 2 is 1.69 bits per heavy atom. The fourth-order valence-corrected chi connectivity index (χ4v) is 2.48. The normalized spacial score (nSPS) is 11.2. The molecule has 0 saturated carbocycles. The van der Waals surface area contributed by atoms with Crippen LogP contribution in [0.25, 0.3) is 0 Å². The van der Waals surface area contributed by atoms with Crippen molar-refractivity contribution in [1.29, 1.82) is 0 Å². The number of benzene rings is 2. The van der Waals surface area contributed by atoms with Crippen molar-refractivity contribution in [2.24, 2.45) is 0 Å². The van der Waals surface area contributed by atoms with Crippen LogP contribution in [0.4, 0.5) is 24.8 Å². The highest BCUT2D eigenvalue weighted by Crippen LogP contribution is 2.35. The van der Waals surface area contributed by atoms with E-state index in [0.717, 1.165) is 15.3 Å². The fourth-order valence-electron chi connectivity index (χ4n) is 2.12. The van der Waals surface area contributed by atoms with E-state index in [4.69, 9.17) is 4.74 Å². The van der Waals surface area contributed by atoms with Crippen LogP contribution in [0, 0.1) is 3.57 Å². The topological polar surface area (TPSA) is 47.0 Å². The van der Waals surface area contributed by atoms with Crippen molar-refractivity contribution in [2.45, 2.75) is 12.8 Å². The van der Waals surface area contributed by atoms with Gasteiger partial charge in [0.05, 0.1) is 0 Å². The summed E-state index contributed by atoms with van der Waals surface area (Å²) in [5, 5.41) is 2.88. The van der Waals surface area contributed by atoms with Crippen molar-refractivity contribution >= 4 is 34.2 Å². The van der Waals surface area contributed by atoms with Crippen LogP contribution in [0.5, 0.6) is 5.88 Å². The van der Waals surface area contributed by atoms with E-state index in [2.05, 4.69) is 37.9 Å². The lowest BCUT2D eigenvalue weighted by atomic mass is 10.2. The smallest absolute Gasteiger partial charge is 0.423 e. The molecule has 3 rings (SSSR count). The average Bonchev–Trinajstić information content (AvgIpc) is 2.62. The zero-order chi connectivity index (χ0) is 18.6. The molecule has 8 heteroatoms. The monoisotopic (exact) mass is 471 g/mol. The lowest BCUT2D eigenvalue weighted by molar-refractivity contribution is -0.139. The van der Waals surface area contributed by atoms with E-state index >= 15 is 0 Å². The maximum absolute atomic E-state index is 13.2. The molecule has 134 valence electrons. The molecule has 0 unspecified atom stereocenters. The molecule has 4 nitrogen and oxygen atoms in total. The number of nitrogens with zero attached hydrogens (tertiary/aromatic N) is 2. The van der Waals surface area contributed by atoms with E-state index in [0.29, 0.717) is 5.69 Å². The molecule has 0 saturated heterocycles. The van der Waals surface area contributed by atoms with Gasteiger partial charge in [0.2, 0.25) is 11.8 Å². The number of halogens is 4. The zero-order valence-corrected chi connectivity index (χ0v) is 15.5. The van der Waals surface area contributed by atoms with Gasteiger partial charge in [-0.3, -0.25) is 0 Å². The molecule has 0 radical (unpaired) electrons. The summed E-state index contributed by atoms with van der Waals surface area (Å²) < 4.78 is 46.0. The van der Waals surface area contributed by atoms with Crippen molar-refractivity contribution in [3.63, 3.8) is 0 Å². The number of hydrogen-bond donors (Lipinski definition) is 1. The van der Waals surface area contributed by atoms with Gasteiger partial charge >= 0.3 is 6.18 Å². The number of nitrogens with one attached hydrogen (secondary N) is 1. The van der Waals surface area contributed by atoms with Crippen molar-refractivity contribution in [2.75, 3.05) is 5.32 Å². The molecule has 0 bridgehead atoms. The molecule has 0 aliphatic rings. The molecule has 2 aromatic carbocycles. The molecule has 0 amide bonds. The Morgan fingerprint density at radius 1 is 1.00 bits per heavy atom. The van der Waals surface area contributed by atoms with Gasteiger partial charge in [-0.25, -0.2) is 4.98 Å². The SMILES string of the molecule is FC(F)(F)c1cnc(Nc2ccc(I)cc2)nc1OCc1ccccc1. The second-order valence-electron chi connectivity index (χ2n) is 5.32. The first-order valence-electron chi connectivity index (χ1n) is 7.55. The molecule has 0 atom stereocenters. The quantitative estimate of drug-likeness (QED) is 0.505. The maximum Gasteiger partial charge on any atom is 0.423 e. The third kappa shape index (κ3) is 4.84. The average molecular weight is 471 g/mol. The summed E-state index contributed by atoms with van der Waals surface area (Å²) in [7, 11) is 0. The Hall–Kier alpha value is -2.36. The molecule has 0 fully saturated rings. The minimum atomic E-state index is -4.60. The van der Waals surface area contributed by atoms with Crippen molar-refractivity contribution in [1.82, 2.24) is 9.97 Å². The van der Waals surface area contributed by atoms with E-state index < -0.39 is 17.6 Å². The molecule has 0 aliphatic carbocycles. The summed E-state index contributed by atoms with van der Waals surface area (Å²) in [4.78, 5) is 7.66. The highest BCUT2D eigenvalue weighted by molar-refractivity contribution is 14.1. The number of aromatic nitrogens is 2. The summed E-state index contributed by atoms with van der Waals surface area (Å²) in [5.74, 6) is -0.480. The summed E-state index contributed by atoms with van der Waals surface area (Å²) >= 11 is 2.16. The Labute approximate surface area is 161 Å². The molecule has 1 heterocycles. The molecule has 0 aliphatic heterocycles. The van der Waals surface area contributed by atoms with Crippen LogP contribution in [0.3, 0.4) is 0 Å². The number of rotatable bonds is 5. The summed E-state index contributed by atoms with van der Waals surface area (Å²) in [5.41, 5.74) is 0.396. The van der Waals surface area contributed by atoms with Crippen LogP contribution >= 0.6 is 22.6 Å². The second kappa shape index (κ2) is 7.90. The van der Waals surface area contributed by atoms with Gasteiger partial charge in [0.1, 0.15) is 12.2 Å². The number of hydrogen-bond acceptors (Lipinski definition) is 4. The van der Waals surface area contributed by atoms with Crippen LogP contribution in [-0.4, -0.2) is 9.97 Å². The van der Waals surface area contributed by atoms with Crippen molar-refractivity contribution in [3.05, 3.63) is 75.5 Å². The predicted molar refractivity (Wildman–Crippen MR) is 100 cm³/mol. The summed E-state index contributed by atoms with van der Waals surface area (Å²) in [6, 6.07) is 16.2. The van der Waals surface area contributed by atoms with E-state index in [9.17, 15) is 13.2 Å². The van der Waals surface area contributed by atoms with Crippen LogP contribution in [0.1, 0.15) is 11.1 Å². The van der Waals surface area contributed by atoms with Crippen molar-refractivity contribution < 1.29 is 17.9 Å². The summed E-state index contributed by atoms with van der Waals surface area (Å²) in [6.07, 6.45) is -3.88. The fraction of sp³-hybridized carbons (Fsp3) is 0.111. The van der Waals surface area contributed by atoms with Gasteiger partial charge in [-0.15, -0.1) is 0 Å². The van der Waals surface area contributed by atoms with Crippen LogP contribution in [0.2, 0.25) is 0 Å². The van der Waals surface area contributed by atoms with Crippen LogP contribution in [-0.2, 0) is 12.8 Å². The summed E-state index contributed by atoms with van der Waals surface area (Å²) in [6.45, 7) is -0.0239. The molecule has 1 N–H and O–H groups in total. The van der Waals surface area contributed by atoms with E-state index in [1.807, 2.05) is 18.2 Å². The molecule has 1 aromatic heterocycles. The van der Waals surface area contributed by atoms with E-state index in [1.165, 1.54) is 0 Å². The molecule has 26 heavy (non-hydrogen) atoms. The predicted octanol–water partition coefficient (Wildman–Crippen LogP) is 5.42. The Bertz CT molecular complexity index is 871. The van der Waals surface area contributed by atoms with Gasteiger partial charge in [0.15, 0.2) is 0 Å². The highest BCUT2D eigenvalue weighted by Gasteiger charge is 2.36. The lowest BCUT2D eigenvalue weighted by Gasteiger charge is -2.14. The van der Waals surface area contributed by atoms with Gasteiger partial charge in [-0.1, -0.05) is 30.3 Å². The largest absolute Gasteiger partial charge is 0.472 e. The van der Waals surface area contributed by atoms with Crippen molar-refractivity contribution in [3.8, 4) is 5.88 Å². The number of alkyl halides is 3. The highest BCUT2D eigenvalue weighted by atomic mass is 127. The third-order valence-corrected chi connectivity index (χ3v) is 4.10. The van der Waals surface area contributed by atoms with Gasteiger partial charge in [-0.05, 0) is 52.4 Å². The first-order valence-corrected chi connectivity index (χ1v) is 8.63. The van der Waals surface area contributed by atoms with Gasteiger partial charge < -0.3 is 10.1 Å². The zero-order valence-electron chi connectivity index (χ0n) is 13.3. The van der Waals surface area contributed by atoms with E-state index in [1.54, 1.807) is 36.4 Å². The lowest BCUT2D eigenvalue weighted by Crippen LogP contribution is -2.12. The number of ether oxygens (including phenoxy) is 1. The van der Waals surface area contributed by atoms with Gasteiger partial charge in [0, 0.05) is 15.5 Å². The van der Waals surface area contributed by atoms with Crippen LogP contribution in [0.15, 0.2) is 60.8 Å². The first-order chi connectivity index (χ1) is 12.4. The Kier molecular flexibility index (Phi) is 5.60. The Balaban J connectivity index is 1.84. The molecule has 3 aromatic rings. The minimum Gasteiger partial charge on any atom is -0.472 e. The molecule has 0 spiro atoms. The maximum atomic E-state index is 13.2. The molecular formula is C18H13F3IN3O. The van der Waals surface area contributed by atoms with Gasteiger partial charge in [0.25, 0.3) is 0 Å². The van der Waals surface area contributed by atoms with E-state index in [-0.39, 0.29) is 12.6 Å².